The van der Waals surface area contributed by atoms with Crippen LogP contribution in [0.4, 0.5) is 0 Å². The normalized spacial score (nSPS) is 19.7. The van der Waals surface area contributed by atoms with Gasteiger partial charge in [0.05, 0.1) is 6.10 Å². The quantitative estimate of drug-likeness (QED) is 0.842. The van der Waals surface area contributed by atoms with E-state index in [0.29, 0.717) is 0 Å². The zero-order chi connectivity index (χ0) is 14.9. The number of rotatable bonds is 4. The lowest BCUT2D eigenvalue weighted by Crippen LogP contribution is -2.33. The van der Waals surface area contributed by atoms with E-state index in [1.54, 1.807) is 0 Å². The summed E-state index contributed by atoms with van der Waals surface area (Å²) in [5.41, 5.74) is 6.46. The first-order valence-corrected chi connectivity index (χ1v) is 7.47. The second-order valence-electron chi connectivity index (χ2n) is 6.24. The van der Waals surface area contributed by atoms with Crippen molar-refractivity contribution >= 4 is 0 Å². The van der Waals surface area contributed by atoms with E-state index < -0.39 is 0 Å². The molecule has 0 radical (unpaired) electrons. The van der Waals surface area contributed by atoms with Crippen LogP contribution in [0.2, 0.25) is 0 Å². The highest BCUT2D eigenvalue weighted by Crippen LogP contribution is 2.49. The number of hydrogen-bond acceptors (Lipinski definition) is 1. The van der Waals surface area contributed by atoms with E-state index in [1.165, 1.54) is 27.9 Å². The molecule has 0 saturated heterocycles. The highest BCUT2D eigenvalue weighted by molar-refractivity contribution is 5.50. The largest absolute Gasteiger partial charge is 0.392 e. The van der Waals surface area contributed by atoms with E-state index in [1.807, 2.05) is 6.07 Å². The summed E-state index contributed by atoms with van der Waals surface area (Å²) >= 11 is 0. The van der Waals surface area contributed by atoms with E-state index in [0.717, 1.165) is 12.8 Å². The molecule has 0 amide bonds. The first-order chi connectivity index (χ1) is 9.39. The third-order valence-corrected chi connectivity index (χ3v) is 5.46. The summed E-state index contributed by atoms with van der Waals surface area (Å²) in [6.07, 6.45) is 1.40. The van der Waals surface area contributed by atoms with Gasteiger partial charge in [-0.1, -0.05) is 41.5 Å². The highest BCUT2D eigenvalue weighted by Gasteiger charge is 2.41. The SMILES string of the molecule is CC1=C(C)C(C)(C(O)CCc2ccccc2)C(C)=C1C. The van der Waals surface area contributed by atoms with Crippen LogP contribution in [0, 0.1) is 5.41 Å². The predicted molar refractivity (Wildman–Crippen MR) is 85.6 cm³/mol. The minimum atomic E-state index is -0.324. The Kier molecular flexibility index (Phi) is 4.19. The third kappa shape index (κ3) is 2.35. The molecule has 1 unspecified atom stereocenters. The maximum absolute atomic E-state index is 10.8. The third-order valence-electron chi connectivity index (χ3n) is 5.46. The van der Waals surface area contributed by atoms with Crippen LogP contribution in [0.25, 0.3) is 0 Å². The number of aryl methyl sites for hydroxylation is 1. The van der Waals surface area contributed by atoms with Crippen molar-refractivity contribution in [3.05, 3.63) is 58.2 Å². The van der Waals surface area contributed by atoms with Crippen LogP contribution in [0.3, 0.4) is 0 Å². The van der Waals surface area contributed by atoms with Crippen LogP contribution in [-0.4, -0.2) is 11.2 Å². The molecule has 20 heavy (non-hydrogen) atoms. The van der Waals surface area contributed by atoms with Gasteiger partial charge in [-0.2, -0.15) is 0 Å². The Labute approximate surface area is 123 Å². The van der Waals surface area contributed by atoms with Gasteiger partial charge in [0.15, 0.2) is 0 Å². The molecule has 0 spiro atoms. The zero-order valence-electron chi connectivity index (χ0n) is 13.3. The molecule has 1 aliphatic carbocycles. The maximum atomic E-state index is 10.8. The topological polar surface area (TPSA) is 20.2 Å². The fourth-order valence-corrected chi connectivity index (χ4v) is 3.36. The van der Waals surface area contributed by atoms with Crippen molar-refractivity contribution in [1.29, 1.82) is 0 Å². The Balaban J connectivity index is 2.15. The van der Waals surface area contributed by atoms with Crippen molar-refractivity contribution in [2.75, 3.05) is 0 Å². The predicted octanol–water partition coefficient (Wildman–Crippen LogP) is 4.67. The van der Waals surface area contributed by atoms with E-state index >= 15 is 0 Å². The lowest BCUT2D eigenvalue weighted by atomic mass is 9.73. The Morgan fingerprint density at radius 1 is 0.950 bits per heavy atom. The van der Waals surface area contributed by atoms with Gasteiger partial charge in [-0.15, -0.1) is 0 Å². The van der Waals surface area contributed by atoms with Gasteiger partial charge in [0.1, 0.15) is 0 Å². The number of hydrogen-bond donors (Lipinski definition) is 1. The number of aliphatic hydroxyl groups is 1. The van der Waals surface area contributed by atoms with Crippen LogP contribution in [0.5, 0.6) is 0 Å². The molecule has 0 fully saturated rings. The first-order valence-electron chi connectivity index (χ1n) is 7.47. The summed E-state index contributed by atoms with van der Waals surface area (Å²) in [4.78, 5) is 0. The molecule has 2 rings (SSSR count). The molecule has 0 bridgehead atoms. The molecule has 1 N–H and O–H groups in total. The van der Waals surface area contributed by atoms with Gasteiger partial charge in [-0.3, -0.25) is 0 Å². The molecule has 1 atom stereocenters. The molecule has 1 nitrogen and oxygen atoms in total. The van der Waals surface area contributed by atoms with E-state index in [9.17, 15) is 5.11 Å². The van der Waals surface area contributed by atoms with Crippen molar-refractivity contribution < 1.29 is 5.11 Å². The average Bonchev–Trinajstić information content (AvgIpc) is 2.62. The molecular formula is C19H26O. The van der Waals surface area contributed by atoms with Gasteiger partial charge in [0.2, 0.25) is 0 Å². The van der Waals surface area contributed by atoms with E-state index in [4.69, 9.17) is 0 Å². The van der Waals surface area contributed by atoms with Crippen LogP contribution in [0.1, 0.15) is 46.6 Å². The number of aliphatic hydroxyl groups excluding tert-OH is 1. The molecule has 1 aliphatic rings. The Hall–Kier alpha value is -1.34. The number of allylic oxidation sites excluding steroid dienone is 2. The molecular weight excluding hydrogens is 244 g/mol. The standard InChI is InChI=1S/C19H26O/c1-13-14(2)16(4)19(5,15(13)3)18(20)12-11-17-9-7-6-8-10-17/h6-10,18,20H,11-12H2,1-5H3. The summed E-state index contributed by atoms with van der Waals surface area (Å²) in [6, 6.07) is 10.4. The van der Waals surface area contributed by atoms with Gasteiger partial charge in [0.25, 0.3) is 0 Å². The fraction of sp³-hybridized carbons (Fsp3) is 0.474. The minimum absolute atomic E-state index is 0.192. The van der Waals surface area contributed by atoms with Crippen molar-refractivity contribution in [3.63, 3.8) is 0 Å². The zero-order valence-corrected chi connectivity index (χ0v) is 13.3. The van der Waals surface area contributed by atoms with Crippen LogP contribution < -0.4 is 0 Å². The number of benzene rings is 1. The monoisotopic (exact) mass is 270 g/mol. The lowest BCUT2D eigenvalue weighted by molar-refractivity contribution is 0.0788. The summed E-state index contributed by atoms with van der Waals surface area (Å²) in [6.45, 7) is 10.9. The summed E-state index contributed by atoms with van der Waals surface area (Å²) < 4.78 is 0. The van der Waals surface area contributed by atoms with Gasteiger partial charge in [-0.25, -0.2) is 0 Å². The summed E-state index contributed by atoms with van der Waals surface area (Å²) in [5, 5.41) is 10.8. The second-order valence-corrected chi connectivity index (χ2v) is 6.24. The molecule has 1 heteroatoms. The van der Waals surface area contributed by atoms with Gasteiger partial charge in [-0.05, 0) is 64.2 Å². The molecule has 0 aliphatic heterocycles. The molecule has 1 aromatic carbocycles. The minimum Gasteiger partial charge on any atom is -0.392 e. The van der Waals surface area contributed by atoms with E-state index in [2.05, 4.69) is 58.9 Å². The Morgan fingerprint density at radius 2 is 1.45 bits per heavy atom. The van der Waals surface area contributed by atoms with Crippen molar-refractivity contribution in [3.8, 4) is 0 Å². The molecule has 108 valence electrons. The first kappa shape index (κ1) is 15.1. The summed E-state index contributed by atoms with van der Waals surface area (Å²) in [7, 11) is 0. The van der Waals surface area contributed by atoms with Crippen LogP contribution in [-0.2, 0) is 6.42 Å². The lowest BCUT2D eigenvalue weighted by Gasteiger charge is -2.34. The summed E-state index contributed by atoms with van der Waals surface area (Å²) in [5.74, 6) is 0. The average molecular weight is 270 g/mol. The van der Waals surface area contributed by atoms with Gasteiger partial charge >= 0.3 is 0 Å². The Bertz CT molecular complexity index is 524. The van der Waals surface area contributed by atoms with Crippen LogP contribution >= 0.6 is 0 Å². The van der Waals surface area contributed by atoms with Crippen LogP contribution in [0.15, 0.2) is 52.6 Å². The molecule has 0 aromatic heterocycles. The molecule has 0 saturated carbocycles. The van der Waals surface area contributed by atoms with Gasteiger partial charge < -0.3 is 5.11 Å². The fourth-order valence-electron chi connectivity index (χ4n) is 3.36. The highest BCUT2D eigenvalue weighted by atomic mass is 16.3. The molecule has 0 heterocycles. The molecule has 1 aromatic rings. The maximum Gasteiger partial charge on any atom is 0.0671 e. The van der Waals surface area contributed by atoms with Crippen molar-refractivity contribution in [2.24, 2.45) is 5.41 Å². The van der Waals surface area contributed by atoms with E-state index in [-0.39, 0.29) is 11.5 Å². The van der Waals surface area contributed by atoms with Gasteiger partial charge in [0, 0.05) is 5.41 Å². The van der Waals surface area contributed by atoms with Crippen molar-refractivity contribution in [1.82, 2.24) is 0 Å². The van der Waals surface area contributed by atoms with Crippen molar-refractivity contribution in [2.45, 2.75) is 53.6 Å². The Morgan fingerprint density at radius 3 is 1.95 bits per heavy atom. The smallest absolute Gasteiger partial charge is 0.0671 e. The second kappa shape index (κ2) is 5.57.